The normalized spacial score (nSPS) is 10.4. The van der Waals surface area contributed by atoms with Crippen molar-refractivity contribution in [2.24, 2.45) is 0 Å². The van der Waals surface area contributed by atoms with Gasteiger partial charge in [0, 0.05) is 23.3 Å². The van der Waals surface area contributed by atoms with E-state index in [-0.39, 0.29) is 6.42 Å². The van der Waals surface area contributed by atoms with Crippen LogP contribution in [0, 0.1) is 6.92 Å². The summed E-state index contributed by atoms with van der Waals surface area (Å²) in [5.74, 6) is -0.796. The molecule has 0 unspecified atom stereocenters. The van der Waals surface area contributed by atoms with Crippen molar-refractivity contribution in [3.8, 4) is 0 Å². The van der Waals surface area contributed by atoms with E-state index in [0.29, 0.717) is 6.54 Å². The van der Waals surface area contributed by atoms with Crippen molar-refractivity contribution in [2.75, 3.05) is 11.9 Å². The number of hydrogen-bond donors (Lipinski definition) is 2. The van der Waals surface area contributed by atoms with Crippen LogP contribution in [0.1, 0.15) is 12.1 Å². The predicted molar refractivity (Wildman–Crippen MR) is 67.2 cm³/mol. The van der Waals surface area contributed by atoms with Gasteiger partial charge in [-0.25, -0.2) is 0 Å². The van der Waals surface area contributed by atoms with E-state index >= 15 is 0 Å². The van der Waals surface area contributed by atoms with Gasteiger partial charge in [-0.05, 0) is 31.2 Å². The minimum Gasteiger partial charge on any atom is -0.481 e. The number of carboxylic acid groups (broad SMARTS) is 1. The molecule has 2 N–H and O–H groups in total. The fourth-order valence-corrected chi connectivity index (χ4v) is 1.65. The topological polar surface area (TPSA) is 62.2 Å². The van der Waals surface area contributed by atoms with Crippen LogP contribution in [0.25, 0.3) is 10.9 Å². The number of carboxylic acids is 1. The highest BCUT2D eigenvalue weighted by Gasteiger charge is 1.99. The molecule has 0 aliphatic rings. The molecule has 0 amide bonds. The van der Waals surface area contributed by atoms with Crippen LogP contribution in [0.5, 0.6) is 0 Å². The van der Waals surface area contributed by atoms with E-state index in [1.165, 1.54) is 0 Å². The molecule has 0 fully saturated rings. The molecule has 1 aromatic heterocycles. The number of carbonyl (C=O) groups is 1. The van der Waals surface area contributed by atoms with Crippen LogP contribution < -0.4 is 5.32 Å². The van der Waals surface area contributed by atoms with Gasteiger partial charge >= 0.3 is 5.97 Å². The second kappa shape index (κ2) is 4.82. The van der Waals surface area contributed by atoms with E-state index in [0.717, 1.165) is 22.3 Å². The fourth-order valence-electron chi connectivity index (χ4n) is 1.65. The summed E-state index contributed by atoms with van der Waals surface area (Å²) in [6, 6.07) is 9.80. The Balaban J connectivity index is 2.14. The molecule has 0 aliphatic carbocycles. The van der Waals surface area contributed by atoms with Gasteiger partial charge in [0.1, 0.15) is 0 Å². The first-order chi connectivity index (χ1) is 8.15. The maximum absolute atomic E-state index is 10.4. The molecule has 0 bridgehead atoms. The first-order valence-corrected chi connectivity index (χ1v) is 5.48. The van der Waals surface area contributed by atoms with Gasteiger partial charge in [0.15, 0.2) is 0 Å². The number of aryl methyl sites for hydroxylation is 1. The van der Waals surface area contributed by atoms with Crippen molar-refractivity contribution < 1.29 is 9.90 Å². The average Bonchev–Trinajstić information content (AvgIpc) is 2.29. The zero-order chi connectivity index (χ0) is 12.3. The molecule has 0 spiro atoms. The van der Waals surface area contributed by atoms with Crippen LogP contribution in [0.3, 0.4) is 0 Å². The minimum absolute atomic E-state index is 0.115. The lowest BCUT2D eigenvalue weighted by Crippen LogP contribution is -2.07. The molecule has 0 atom stereocenters. The molecule has 0 radical (unpaired) electrons. The van der Waals surface area contributed by atoms with Gasteiger partial charge in [-0.2, -0.15) is 0 Å². The maximum atomic E-state index is 10.4. The van der Waals surface area contributed by atoms with E-state index in [4.69, 9.17) is 5.11 Å². The number of pyridine rings is 1. The number of hydrogen-bond acceptors (Lipinski definition) is 3. The van der Waals surface area contributed by atoms with Crippen molar-refractivity contribution in [3.05, 3.63) is 36.0 Å². The second-order valence-electron chi connectivity index (χ2n) is 3.93. The van der Waals surface area contributed by atoms with Crippen molar-refractivity contribution in [1.29, 1.82) is 0 Å². The van der Waals surface area contributed by atoms with Gasteiger partial charge in [0.05, 0.1) is 11.9 Å². The molecule has 0 aliphatic heterocycles. The van der Waals surface area contributed by atoms with Crippen LogP contribution in [0.15, 0.2) is 30.3 Å². The Morgan fingerprint density at radius 2 is 2.18 bits per heavy atom. The Labute approximate surface area is 99.3 Å². The molecule has 0 saturated carbocycles. The number of nitrogens with zero attached hydrogens (tertiary/aromatic N) is 1. The van der Waals surface area contributed by atoms with Gasteiger partial charge in [-0.1, -0.05) is 6.07 Å². The Kier molecular flexibility index (Phi) is 3.23. The van der Waals surface area contributed by atoms with Gasteiger partial charge in [-0.15, -0.1) is 0 Å². The van der Waals surface area contributed by atoms with Crippen LogP contribution in [-0.4, -0.2) is 22.6 Å². The minimum atomic E-state index is -0.796. The first-order valence-electron chi connectivity index (χ1n) is 5.48. The van der Waals surface area contributed by atoms with Gasteiger partial charge in [0.2, 0.25) is 0 Å². The molecule has 88 valence electrons. The monoisotopic (exact) mass is 230 g/mol. The largest absolute Gasteiger partial charge is 0.481 e. The Hall–Kier alpha value is -2.10. The number of aromatic nitrogens is 1. The molecule has 1 heterocycles. The zero-order valence-electron chi connectivity index (χ0n) is 9.60. The third-order valence-corrected chi connectivity index (χ3v) is 2.50. The van der Waals surface area contributed by atoms with E-state index in [1.54, 1.807) is 0 Å². The number of benzene rings is 1. The van der Waals surface area contributed by atoms with E-state index in [1.807, 2.05) is 37.3 Å². The molecule has 0 saturated heterocycles. The number of fused-ring (bicyclic) bond motifs is 1. The average molecular weight is 230 g/mol. The highest BCUT2D eigenvalue weighted by Crippen LogP contribution is 2.17. The lowest BCUT2D eigenvalue weighted by Gasteiger charge is -2.06. The SMILES string of the molecule is Cc1ccc2cc(NCCC(=O)O)ccc2n1. The van der Waals surface area contributed by atoms with Crippen molar-refractivity contribution in [2.45, 2.75) is 13.3 Å². The van der Waals surface area contributed by atoms with Crippen LogP contribution in [-0.2, 0) is 4.79 Å². The smallest absolute Gasteiger partial charge is 0.305 e. The third-order valence-electron chi connectivity index (χ3n) is 2.50. The highest BCUT2D eigenvalue weighted by atomic mass is 16.4. The van der Waals surface area contributed by atoms with Gasteiger partial charge in [-0.3, -0.25) is 9.78 Å². The summed E-state index contributed by atoms with van der Waals surface area (Å²) in [7, 11) is 0. The van der Waals surface area contributed by atoms with Gasteiger partial charge in [0.25, 0.3) is 0 Å². The molecule has 2 rings (SSSR count). The summed E-state index contributed by atoms with van der Waals surface area (Å²) in [6.45, 7) is 2.39. The second-order valence-corrected chi connectivity index (χ2v) is 3.93. The van der Waals surface area contributed by atoms with Crippen molar-refractivity contribution in [3.63, 3.8) is 0 Å². The summed E-state index contributed by atoms with van der Waals surface area (Å²) < 4.78 is 0. The maximum Gasteiger partial charge on any atom is 0.305 e. The number of nitrogens with one attached hydrogen (secondary N) is 1. The van der Waals surface area contributed by atoms with Crippen molar-refractivity contribution in [1.82, 2.24) is 4.98 Å². The zero-order valence-corrected chi connectivity index (χ0v) is 9.60. The van der Waals surface area contributed by atoms with E-state index in [9.17, 15) is 4.79 Å². The van der Waals surface area contributed by atoms with E-state index < -0.39 is 5.97 Å². The molecular formula is C13H14N2O2. The molecule has 4 nitrogen and oxygen atoms in total. The molecule has 17 heavy (non-hydrogen) atoms. The summed E-state index contributed by atoms with van der Waals surface area (Å²) in [4.78, 5) is 14.8. The Bertz CT molecular complexity index is 552. The van der Waals surface area contributed by atoms with Crippen molar-refractivity contribution >= 4 is 22.6 Å². The number of aliphatic carboxylic acids is 1. The quantitative estimate of drug-likeness (QED) is 0.846. The summed E-state index contributed by atoms with van der Waals surface area (Å²) >= 11 is 0. The lowest BCUT2D eigenvalue weighted by atomic mass is 10.2. The molecule has 2 aromatic rings. The molecular weight excluding hydrogens is 216 g/mol. The van der Waals surface area contributed by atoms with Crippen LogP contribution in [0.2, 0.25) is 0 Å². The third kappa shape index (κ3) is 2.93. The van der Waals surface area contributed by atoms with E-state index in [2.05, 4.69) is 10.3 Å². The molecule has 1 aromatic carbocycles. The Morgan fingerprint density at radius 3 is 2.94 bits per heavy atom. The number of rotatable bonds is 4. The standard InChI is InChI=1S/C13H14N2O2/c1-9-2-3-10-8-11(4-5-12(10)15-9)14-7-6-13(16)17/h2-5,8,14H,6-7H2,1H3,(H,16,17). The van der Waals surface area contributed by atoms with Crippen LogP contribution >= 0.6 is 0 Å². The first kappa shape index (κ1) is 11.4. The fraction of sp³-hybridized carbons (Fsp3) is 0.231. The summed E-state index contributed by atoms with van der Waals surface area (Å²) in [6.07, 6.45) is 0.115. The Morgan fingerprint density at radius 1 is 1.35 bits per heavy atom. The number of anilines is 1. The summed E-state index contributed by atoms with van der Waals surface area (Å²) in [5.41, 5.74) is 2.86. The lowest BCUT2D eigenvalue weighted by molar-refractivity contribution is -0.136. The van der Waals surface area contributed by atoms with Crippen LogP contribution in [0.4, 0.5) is 5.69 Å². The van der Waals surface area contributed by atoms with Gasteiger partial charge < -0.3 is 10.4 Å². The molecule has 4 heteroatoms. The predicted octanol–water partition coefficient (Wildman–Crippen LogP) is 2.43. The highest BCUT2D eigenvalue weighted by molar-refractivity contribution is 5.82. The summed E-state index contributed by atoms with van der Waals surface area (Å²) in [5, 5.41) is 12.7.